The van der Waals surface area contributed by atoms with Gasteiger partial charge in [-0.05, 0) is 50.7 Å². The lowest BCUT2D eigenvalue weighted by Gasteiger charge is -2.31. The topological polar surface area (TPSA) is 55.8 Å². The highest BCUT2D eigenvalue weighted by Crippen LogP contribution is 2.20. The maximum Gasteiger partial charge on any atom is 0.251 e. The van der Waals surface area contributed by atoms with E-state index < -0.39 is 0 Å². The minimum atomic E-state index is -0.164. The molecule has 0 saturated carbocycles. The highest BCUT2D eigenvalue weighted by Gasteiger charge is 2.17. The monoisotopic (exact) mass is 305 g/mol. The lowest BCUT2D eigenvalue weighted by atomic mass is 10.1. The van der Waals surface area contributed by atoms with Crippen LogP contribution in [-0.4, -0.2) is 61.8 Å². The molecule has 1 aromatic rings. The van der Waals surface area contributed by atoms with Gasteiger partial charge in [0.15, 0.2) is 0 Å². The van der Waals surface area contributed by atoms with Crippen molar-refractivity contribution in [3.8, 4) is 0 Å². The van der Waals surface area contributed by atoms with E-state index >= 15 is 0 Å². The highest BCUT2D eigenvalue weighted by molar-refractivity contribution is 5.94. The number of nitrogens with one attached hydrogen (secondary N) is 1. The van der Waals surface area contributed by atoms with E-state index in [4.69, 9.17) is 0 Å². The van der Waals surface area contributed by atoms with Gasteiger partial charge in [0.25, 0.3) is 5.91 Å². The van der Waals surface area contributed by atoms with E-state index in [0.717, 1.165) is 44.7 Å². The van der Waals surface area contributed by atoms with Gasteiger partial charge in [0.1, 0.15) is 0 Å². The minimum absolute atomic E-state index is 0.0230. The van der Waals surface area contributed by atoms with Crippen LogP contribution in [0.15, 0.2) is 24.3 Å². The molecule has 1 amide bonds. The zero-order valence-electron chi connectivity index (χ0n) is 13.6. The standard InChI is InChI=1S/C17H27N3O2/c1-3-19(2)13-10-18-17(22)14-4-6-15(7-5-14)20-11-8-16(21)9-12-20/h4-7,16,21H,3,8-13H2,1-2H3,(H,18,22). The van der Waals surface area contributed by atoms with Crippen molar-refractivity contribution in [3.05, 3.63) is 29.8 Å². The summed E-state index contributed by atoms with van der Waals surface area (Å²) in [5.41, 5.74) is 1.81. The molecule has 2 rings (SSSR count). The smallest absolute Gasteiger partial charge is 0.251 e. The fraction of sp³-hybridized carbons (Fsp3) is 0.588. The number of hydrogen-bond donors (Lipinski definition) is 2. The zero-order chi connectivity index (χ0) is 15.9. The van der Waals surface area contributed by atoms with E-state index in [2.05, 4.69) is 22.0 Å². The van der Waals surface area contributed by atoms with Crippen LogP contribution in [0.1, 0.15) is 30.1 Å². The Morgan fingerprint density at radius 3 is 2.55 bits per heavy atom. The van der Waals surface area contributed by atoms with E-state index in [1.54, 1.807) is 0 Å². The second-order valence-electron chi connectivity index (χ2n) is 5.92. The van der Waals surface area contributed by atoms with Gasteiger partial charge in [0.2, 0.25) is 0 Å². The molecule has 0 aliphatic carbocycles. The molecule has 1 aromatic carbocycles. The maximum atomic E-state index is 12.1. The third-order valence-corrected chi connectivity index (χ3v) is 4.28. The first-order valence-corrected chi connectivity index (χ1v) is 8.10. The lowest BCUT2D eigenvalue weighted by molar-refractivity contribution is 0.0950. The number of benzene rings is 1. The van der Waals surface area contributed by atoms with Gasteiger partial charge in [-0.3, -0.25) is 4.79 Å². The highest BCUT2D eigenvalue weighted by atomic mass is 16.3. The second kappa shape index (κ2) is 8.15. The summed E-state index contributed by atoms with van der Waals surface area (Å²) in [4.78, 5) is 16.5. The number of rotatable bonds is 6. The van der Waals surface area contributed by atoms with Gasteiger partial charge in [0, 0.05) is 37.4 Å². The number of piperidine rings is 1. The number of hydrogen-bond acceptors (Lipinski definition) is 4. The van der Waals surface area contributed by atoms with E-state index in [-0.39, 0.29) is 12.0 Å². The Bertz CT molecular complexity index is 467. The van der Waals surface area contributed by atoms with Crippen LogP contribution in [0, 0.1) is 0 Å². The number of anilines is 1. The van der Waals surface area contributed by atoms with Gasteiger partial charge in [-0.15, -0.1) is 0 Å². The number of aliphatic hydroxyl groups is 1. The molecule has 122 valence electrons. The Morgan fingerprint density at radius 2 is 1.95 bits per heavy atom. The number of likely N-dealkylation sites (N-methyl/N-ethyl adjacent to an activating group) is 1. The van der Waals surface area contributed by atoms with Gasteiger partial charge >= 0.3 is 0 Å². The van der Waals surface area contributed by atoms with Crippen molar-refractivity contribution in [1.82, 2.24) is 10.2 Å². The van der Waals surface area contributed by atoms with Gasteiger partial charge in [-0.25, -0.2) is 0 Å². The van der Waals surface area contributed by atoms with Crippen molar-refractivity contribution in [2.24, 2.45) is 0 Å². The number of nitrogens with zero attached hydrogens (tertiary/aromatic N) is 2. The molecule has 1 aliphatic rings. The summed E-state index contributed by atoms with van der Waals surface area (Å²) in [5.74, 6) is -0.0230. The molecule has 1 aliphatic heterocycles. The van der Waals surface area contributed by atoms with Crippen molar-refractivity contribution >= 4 is 11.6 Å². The predicted molar refractivity (Wildman–Crippen MR) is 89.4 cm³/mol. The van der Waals surface area contributed by atoms with Crippen LogP contribution in [0.3, 0.4) is 0 Å². The quantitative estimate of drug-likeness (QED) is 0.832. The first kappa shape index (κ1) is 16.8. The van der Waals surface area contributed by atoms with Crippen LogP contribution in [-0.2, 0) is 0 Å². The average Bonchev–Trinajstić information content (AvgIpc) is 2.55. The van der Waals surface area contributed by atoms with E-state index in [9.17, 15) is 9.90 Å². The second-order valence-corrected chi connectivity index (χ2v) is 5.92. The molecule has 5 heteroatoms. The Morgan fingerprint density at radius 1 is 1.32 bits per heavy atom. The normalized spacial score (nSPS) is 16.1. The molecule has 5 nitrogen and oxygen atoms in total. The average molecular weight is 305 g/mol. The Balaban J connectivity index is 1.84. The molecule has 0 atom stereocenters. The van der Waals surface area contributed by atoms with Crippen LogP contribution in [0.2, 0.25) is 0 Å². The van der Waals surface area contributed by atoms with Crippen molar-refractivity contribution in [3.63, 3.8) is 0 Å². The molecule has 0 unspecified atom stereocenters. The van der Waals surface area contributed by atoms with Crippen LogP contribution in [0.5, 0.6) is 0 Å². The molecular formula is C17H27N3O2. The summed E-state index contributed by atoms with van der Waals surface area (Å²) in [6, 6.07) is 7.73. The summed E-state index contributed by atoms with van der Waals surface area (Å²) in [6.07, 6.45) is 1.46. The molecule has 0 bridgehead atoms. The Kier molecular flexibility index (Phi) is 6.21. The fourth-order valence-electron chi connectivity index (χ4n) is 2.57. The van der Waals surface area contributed by atoms with Crippen molar-refractivity contribution in [1.29, 1.82) is 0 Å². The predicted octanol–water partition coefficient (Wildman–Crippen LogP) is 1.33. The van der Waals surface area contributed by atoms with Gasteiger partial charge in [-0.2, -0.15) is 0 Å². The number of carbonyl (C=O) groups is 1. The molecular weight excluding hydrogens is 278 g/mol. The third kappa shape index (κ3) is 4.71. The molecule has 1 heterocycles. The zero-order valence-corrected chi connectivity index (χ0v) is 13.6. The Labute approximate surface area is 132 Å². The Hall–Kier alpha value is -1.59. The molecule has 1 saturated heterocycles. The SMILES string of the molecule is CCN(C)CCNC(=O)c1ccc(N2CCC(O)CC2)cc1. The molecule has 0 spiro atoms. The van der Waals surface area contributed by atoms with Crippen LogP contribution < -0.4 is 10.2 Å². The first-order valence-electron chi connectivity index (χ1n) is 8.10. The van der Waals surface area contributed by atoms with Crippen molar-refractivity contribution in [2.75, 3.05) is 44.7 Å². The summed E-state index contributed by atoms with van der Waals surface area (Å²) in [7, 11) is 2.04. The lowest BCUT2D eigenvalue weighted by Crippen LogP contribution is -2.35. The van der Waals surface area contributed by atoms with Crippen molar-refractivity contribution < 1.29 is 9.90 Å². The third-order valence-electron chi connectivity index (χ3n) is 4.28. The van der Waals surface area contributed by atoms with Crippen molar-refractivity contribution in [2.45, 2.75) is 25.9 Å². The van der Waals surface area contributed by atoms with Crippen LogP contribution >= 0.6 is 0 Å². The molecule has 0 aromatic heterocycles. The molecule has 2 N–H and O–H groups in total. The van der Waals surface area contributed by atoms with Gasteiger partial charge in [-0.1, -0.05) is 6.92 Å². The molecule has 22 heavy (non-hydrogen) atoms. The molecule has 0 radical (unpaired) electrons. The summed E-state index contributed by atoms with van der Waals surface area (Å²) in [5, 5.41) is 12.5. The summed E-state index contributed by atoms with van der Waals surface area (Å²) >= 11 is 0. The number of amides is 1. The largest absolute Gasteiger partial charge is 0.393 e. The number of aliphatic hydroxyl groups excluding tert-OH is 1. The first-order chi connectivity index (χ1) is 10.6. The van der Waals surface area contributed by atoms with Crippen LogP contribution in [0.25, 0.3) is 0 Å². The van der Waals surface area contributed by atoms with E-state index in [0.29, 0.717) is 12.1 Å². The minimum Gasteiger partial charge on any atom is -0.393 e. The summed E-state index contributed by atoms with van der Waals surface area (Å²) in [6.45, 7) is 6.34. The van der Waals surface area contributed by atoms with E-state index in [1.165, 1.54) is 0 Å². The van der Waals surface area contributed by atoms with E-state index in [1.807, 2.05) is 31.3 Å². The van der Waals surface area contributed by atoms with Crippen LogP contribution in [0.4, 0.5) is 5.69 Å². The van der Waals surface area contributed by atoms with Gasteiger partial charge < -0.3 is 20.2 Å². The van der Waals surface area contributed by atoms with Gasteiger partial charge in [0.05, 0.1) is 6.10 Å². The summed E-state index contributed by atoms with van der Waals surface area (Å²) < 4.78 is 0. The molecule has 1 fully saturated rings. The fourth-order valence-corrected chi connectivity index (χ4v) is 2.57. The number of carbonyl (C=O) groups excluding carboxylic acids is 1. The maximum absolute atomic E-state index is 12.1.